The number of hydrazine groups is 1. The van der Waals surface area contributed by atoms with Gasteiger partial charge in [-0.1, -0.05) is 12.1 Å². The van der Waals surface area contributed by atoms with E-state index >= 15 is 0 Å². The second kappa shape index (κ2) is 6.10. The highest BCUT2D eigenvalue weighted by Crippen LogP contribution is 2.16. The van der Waals surface area contributed by atoms with Crippen LogP contribution in [0.15, 0.2) is 10.6 Å². The molecule has 104 valence electrons. The average Bonchev–Trinajstić information content (AvgIpc) is 3.03. The molecule has 7 heteroatoms. The molecule has 1 aromatic rings. The summed E-state index contributed by atoms with van der Waals surface area (Å²) < 4.78 is 4.90. The molecule has 1 fully saturated rings. The minimum absolute atomic E-state index is 0.0297. The number of carbonyl (C=O) groups excluding carboxylic acids is 2. The molecule has 0 radical (unpaired) electrons. The van der Waals surface area contributed by atoms with E-state index < -0.39 is 0 Å². The van der Waals surface area contributed by atoms with Gasteiger partial charge in [-0.05, 0) is 19.1 Å². The molecule has 1 aliphatic heterocycles. The maximum Gasteiger partial charge on any atom is 0.294 e. The lowest BCUT2D eigenvalue weighted by atomic mass is 10.3. The van der Waals surface area contributed by atoms with E-state index in [1.54, 1.807) is 24.8 Å². The van der Waals surface area contributed by atoms with Crippen LogP contribution in [0, 0.1) is 6.92 Å². The molecule has 2 rings (SSSR count). The second-order valence-corrected chi connectivity index (χ2v) is 5.53. The molecule has 0 N–H and O–H groups in total. The van der Waals surface area contributed by atoms with Crippen molar-refractivity contribution in [1.29, 1.82) is 0 Å². The molecule has 1 aromatic heterocycles. The summed E-state index contributed by atoms with van der Waals surface area (Å²) >= 11 is 1.55. The third kappa shape index (κ3) is 3.09. The van der Waals surface area contributed by atoms with Crippen LogP contribution in [0.2, 0.25) is 0 Å². The fraction of sp³-hybridized carbons (Fsp3) is 0.583. The van der Waals surface area contributed by atoms with E-state index in [2.05, 4.69) is 5.16 Å². The van der Waals surface area contributed by atoms with Gasteiger partial charge in [-0.2, -0.15) is 11.8 Å². The Balaban J connectivity index is 2.06. The summed E-state index contributed by atoms with van der Waals surface area (Å²) in [5.41, 5.74) is 0.250. The predicted molar refractivity (Wildman–Crippen MR) is 71.6 cm³/mol. The molecular formula is C12H17N3O3S. The smallest absolute Gasteiger partial charge is 0.294 e. The predicted octanol–water partition coefficient (Wildman–Crippen LogP) is 1.33. The zero-order valence-corrected chi connectivity index (χ0v) is 11.9. The van der Waals surface area contributed by atoms with Crippen molar-refractivity contribution in [2.24, 2.45) is 0 Å². The molecule has 6 nitrogen and oxygen atoms in total. The second-order valence-electron chi connectivity index (χ2n) is 4.26. The van der Waals surface area contributed by atoms with Gasteiger partial charge in [-0.25, -0.2) is 5.01 Å². The Bertz CT molecular complexity index is 475. The molecule has 0 aliphatic carbocycles. The van der Waals surface area contributed by atoms with Gasteiger partial charge in [0.05, 0.1) is 5.75 Å². The maximum atomic E-state index is 12.3. The highest BCUT2D eigenvalue weighted by molar-refractivity contribution is 7.99. The Kier molecular flexibility index (Phi) is 4.47. The summed E-state index contributed by atoms with van der Waals surface area (Å²) in [6.07, 6.45) is 0.797. The van der Waals surface area contributed by atoms with Gasteiger partial charge in [-0.3, -0.25) is 14.6 Å². The lowest BCUT2D eigenvalue weighted by Crippen LogP contribution is -2.45. The number of thioether (sulfide) groups is 1. The van der Waals surface area contributed by atoms with Gasteiger partial charge in [0.25, 0.3) is 11.8 Å². The van der Waals surface area contributed by atoms with Crippen molar-refractivity contribution < 1.29 is 14.1 Å². The molecule has 19 heavy (non-hydrogen) atoms. The normalized spacial score (nSPS) is 15.1. The van der Waals surface area contributed by atoms with Gasteiger partial charge in [0.15, 0.2) is 5.69 Å². The number of carbonyl (C=O) groups is 2. The standard InChI is InChI=1S/C12H17N3O3S/c1-3-19-8-11(16)14-5-4-6-15(14)12(17)10-7-9(2)18-13-10/h7H,3-6,8H2,1-2H3. The molecule has 0 atom stereocenters. The van der Waals surface area contributed by atoms with Crippen LogP contribution in [0.3, 0.4) is 0 Å². The SMILES string of the molecule is CCSCC(=O)N1CCCN1C(=O)c1cc(C)on1. The fourth-order valence-electron chi connectivity index (χ4n) is 1.95. The summed E-state index contributed by atoms with van der Waals surface area (Å²) in [7, 11) is 0. The third-order valence-electron chi connectivity index (χ3n) is 2.83. The first-order chi connectivity index (χ1) is 9.13. The number of aromatic nitrogens is 1. The molecule has 2 amide bonds. The van der Waals surface area contributed by atoms with Gasteiger partial charge in [0.2, 0.25) is 0 Å². The zero-order chi connectivity index (χ0) is 13.8. The Morgan fingerprint density at radius 1 is 1.42 bits per heavy atom. The van der Waals surface area contributed by atoms with Crippen molar-refractivity contribution in [2.45, 2.75) is 20.3 Å². The minimum atomic E-state index is -0.274. The first-order valence-electron chi connectivity index (χ1n) is 6.26. The lowest BCUT2D eigenvalue weighted by Gasteiger charge is -2.26. The molecule has 1 saturated heterocycles. The van der Waals surface area contributed by atoms with E-state index in [0.29, 0.717) is 24.6 Å². The van der Waals surface area contributed by atoms with Crippen molar-refractivity contribution >= 4 is 23.6 Å². The summed E-state index contributed by atoms with van der Waals surface area (Å²) in [5, 5.41) is 6.70. The van der Waals surface area contributed by atoms with Crippen molar-refractivity contribution in [2.75, 3.05) is 24.6 Å². The van der Waals surface area contributed by atoms with Crippen LogP contribution < -0.4 is 0 Å². The Morgan fingerprint density at radius 3 is 2.79 bits per heavy atom. The van der Waals surface area contributed by atoms with E-state index in [-0.39, 0.29) is 17.5 Å². The Labute approximate surface area is 116 Å². The number of amides is 2. The van der Waals surface area contributed by atoms with Crippen molar-refractivity contribution in [3.05, 3.63) is 17.5 Å². The number of hydrogen-bond donors (Lipinski definition) is 0. The maximum absolute atomic E-state index is 12.3. The molecule has 0 unspecified atom stereocenters. The molecule has 0 spiro atoms. The Hall–Kier alpha value is -1.50. The fourth-order valence-corrected chi connectivity index (χ4v) is 2.47. The van der Waals surface area contributed by atoms with Crippen LogP contribution in [0.5, 0.6) is 0 Å². The number of rotatable bonds is 4. The van der Waals surface area contributed by atoms with Crippen LogP contribution in [0.25, 0.3) is 0 Å². The average molecular weight is 283 g/mol. The summed E-state index contributed by atoms with van der Waals surface area (Å²) in [6.45, 7) is 4.87. The lowest BCUT2D eigenvalue weighted by molar-refractivity contribution is -0.137. The van der Waals surface area contributed by atoms with E-state index in [0.717, 1.165) is 12.2 Å². The molecular weight excluding hydrogens is 266 g/mol. The van der Waals surface area contributed by atoms with Crippen LogP contribution in [0.4, 0.5) is 0 Å². The summed E-state index contributed by atoms with van der Waals surface area (Å²) in [5.74, 6) is 1.57. The van der Waals surface area contributed by atoms with Gasteiger partial charge < -0.3 is 4.52 Å². The zero-order valence-electron chi connectivity index (χ0n) is 11.1. The van der Waals surface area contributed by atoms with E-state index in [4.69, 9.17) is 4.52 Å². The molecule has 0 saturated carbocycles. The topological polar surface area (TPSA) is 66.7 Å². The van der Waals surface area contributed by atoms with Crippen LogP contribution >= 0.6 is 11.8 Å². The highest BCUT2D eigenvalue weighted by Gasteiger charge is 2.32. The van der Waals surface area contributed by atoms with Gasteiger partial charge in [0, 0.05) is 19.2 Å². The van der Waals surface area contributed by atoms with Crippen molar-refractivity contribution in [1.82, 2.24) is 15.2 Å². The van der Waals surface area contributed by atoms with Gasteiger partial charge in [-0.15, -0.1) is 0 Å². The van der Waals surface area contributed by atoms with Crippen LogP contribution in [-0.4, -0.2) is 51.6 Å². The van der Waals surface area contributed by atoms with E-state index in [1.165, 1.54) is 10.0 Å². The Morgan fingerprint density at radius 2 is 2.16 bits per heavy atom. The van der Waals surface area contributed by atoms with Crippen molar-refractivity contribution in [3.8, 4) is 0 Å². The van der Waals surface area contributed by atoms with Crippen LogP contribution in [0.1, 0.15) is 29.6 Å². The number of hydrogen-bond acceptors (Lipinski definition) is 5. The number of nitrogens with zero attached hydrogens (tertiary/aromatic N) is 3. The largest absolute Gasteiger partial charge is 0.361 e. The quantitative estimate of drug-likeness (QED) is 0.834. The summed E-state index contributed by atoms with van der Waals surface area (Å²) in [4.78, 5) is 24.3. The first-order valence-corrected chi connectivity index (χ1v) is 7.42. The molecule has 0 aromatic carbocycles. The third-order valence-corrected chi connectivity index (χ3v) is 3.69. The minimum Gasteiger partial charge on any atom is -0.361 e. The molecule has 1 aliphatic rings. The van der Waals surface area contributed by atoms with Gasteiger partial charge in [0.1, 0.15) is 5.76 Å². The number of aryl methyl sites for hydroxylation is 1. The summed E-state index contributed by atoms with van der Waals surface area (Å²) in [6, 6.07) is 1.59. The van der Waals surface area contributed by atoms with E-state index in [9.17, 15) is 9.59 Å². The monoisotopic (exact) mass is 283 g/mol. The first kappa shape index (κ1) is 13.9. The molecule has 2 heterocycles. The molecule has 0 bridgehead atoms. The highest BCUT2D eigenvalue weighted by atomic mass is 32.2. The van der Waals surface area contributed by atoms with E-state index in [1.807, 2.05) is 6.92 Å². The van der Waals surface area contributed by atoms with Crippen LogP contribution in [-0.2, 0) is 4.79 Å². The van der Waals surface area contributed by atoms with Gasteiger partial charge >= 0.3 is 0 Å². The van der Waals surface area contributed by atoms with Crippen molar-refractivity contribution in [3.63, 3.8) is 0 Å².